The quantitative estimate of drug-likeness (QED) is 0.891. The Kier molecular flexibility index (Phi) is 4.38. The Morgan fingerprint density at radius 1 is 1.16 bits per heavy atom. The predicted molar refractivity (Wildman–Crippen MR) is 79.6 cm³/mol. The van der Waals surface area contributed by atoms with Gasteiger partial charge in [0, 0.05) is 17.9 Å². The average molecular weight is 257 g/mol. The molecule has 0 aliphatic carbocycles. The van der Waals surface area contributed by atoms with Crippen LogP contribution in [0.3, 0.4) is 0 Å². The second-order valence-electron chi connectivity index (χ2n) is 5.48. The van der Waals surface area contributed by atoms with Gasteiger partial charge in [0.15, 0.2) is 0 Å². The molecule has 3 nitrogen and oxygen atoms in total. The van der Waals surface area contributed by atoms with Crippen LogP contribution in [0, 0.1) is 19.8 Å². The van der Waals surface area contributed by atoms with Crippen LogP contribution in [0.2, 0.25) is 0 Å². The second-order valence-corrected chi connectivity index (χ2v) is 5.48. The van der Waals surface area contributed by atoms with Crippen molar-refractivity contribution in [2.24, 2.45) is 5.92 Å². The van der Waals surface area contributed by atoms with Gasteiger partial charge in [0.1, 0.15) is 0 Å². The van der Waals surface area contributed by atoms with E-state index in [0.29, 0.717) is 5.92 Å². The molecule has 2 rings (SSSR count). The number of hydrogen-bond acceptors (Lipinski definition) is 2. The summed E-state index contributed by atoms with van der Waals surface area (Å²) in [6.07, 6.45) is 1.89. The maximum Gasteiger partial charge on any atom is 0.0997 e. The lowest BCUT2D eigenvalue weighted by Crippen LogP contribution is -2.18. The molecular formula is C16H23N3. The van der Waals surface area contributed by atoms with Crippen molar-refractivity contribution in [3.8, 4) is 5.69 Å². The molecule has 0 saturated heterocycles. The van der Waals surface area contributed by atoms with Crippen molar-refractivity contribution in [2.75, 3.05) is 6.54 Å². The molecule has 0 spiro atoms. The Bertz CT molecular complexity index is 523. The van der Waals surface area contributed by atoms with E-state index in [-0.39, 0.29) is 0 Å². The summed E-state index contributed by atoms with van der Waals surface area (Å²) < 4.78 is 2.13. The SMILES string of the molecule is Cc1ncn(-c2ccc(CNCC(C)C)cc2)c1C. The van der Waals surface area contributed by atoms with E-state index < -0.39 is 0 Å². The van der Waals surface area contributed by atoms with Gasteiger partial charge in [-0.1, -0.05) is 26.0 Å². The molecule has 1 aromatic heterocycles. The van der Waals surface area contributed by atoms with Gasteiger partial charge in [0.25, 0.3) is 0 Å². The maximum atomic E-state index is 4.33. The lowest BCUT2D eigenvalue weighted by Gasteiger charge is -2.09. The van der Waals surface area contributed by atoms with Crippen LogP contribution in [0.1, 0.15) is 30.8 Å². The van der Waals surface area contributed by atoms with Crippen LogP contribution in [0.25, 0.3) is 5.69 Å². The molecule has 0 atom stereocenters. The highest BCUT2D eigenvalue weighted by molar-refractivity contribution is 5.37. The molecule has 1 aromatic carbocycles. The summed E-state index contributed by atoms with van der Waals surface area (Å²) in [4.78, 5) is 4.33. The van der Waals surface area contributed by atoms with Crippen LogP contribution in [-0.2, 0) is 6.54 Å². The van der Waals surface area contributed by atoms with E-state index in [4.69, 9.17) is 0 Å². The summed E-state index contributed by atoms with van der Waals surface area (Å²) >= 11 is 0. The minimum absolute atomic E-state index is 0.691. The van der Waals surface area contributed by atoms with E-state index >= 15 is 0 Å². The van der Waals surface area contributed by atoms with Crippen molar-refractivity contribution >= 4 is 0 Å². The van der Waals surface area contributed by atoms with Crippen LogP contribution in [-0.4, -0.2) is 16.1 Å². The van der Waals surface area contributed by atoms with E-state index in [1.165, 1.54) is 16.9 Å². The molecule has 3 heteroatoms. The smallest absolute Gasteiger partial charge is 0.0997 e. The molecule has 0 bridgehead atoms. The van der Waals surface area contributed by atoms with Crippen LogP contribution >= 0.6 is 0 Å². The zero-order valence-corrected chi connectivity index (χ0v) is 12.3. The summed E-state index contributed by atoms with van der Waals surface area (Å²) in [5.41, 5.74) is 4.78. The van der Waals surface area contributed by atoms with E-state index in [2.05, 4.69) is 59.9 Å². The van der Waals surface area contributed by atoms with Gasteiger partial charge in [-0.05, 0) is 44.0 Å². The van der Waals surface area contributed by atoms with Crippen molar-refractivity contribution in [2.45, 2.75) is 34.2 Å². The highest BCUT2D eigenvalue weighted by Crippen LogP contribution is 2.14. The topological polar surface area (TPSA) is 29.9 Å². The fourth-order valence-electron chi connectivity index (χ4n) is 2.04. The largest absolute Gasteiger partial charge is 0.312 e. The fraction of sp³-hybridized carbons (Fsp3) is 0.438. The Morgan fingerprint density at radius 2 is 1.84 bits per heavy atom. The van der Waals surface area contributed by atoms with E-state index in [0.717, 1.165) is 18.8 Å². The highest BCUT2D eigenvalue weighted by Gasteiger charge is 2.04. The summed E-state index contributed by atoms with van der Waals surface area (Å²) in [5.74, 6) is 0.691. The van der Waals surface area contributed by atoms with Gasteiger partial charge in [0.2, 0.25) is 0 Å². The number of benzene rings is 1. The molecule has 2 aromatic rings. The third-order valence-corrected chi connectivity index (χ3v) is 3.35. The van der Waals surface area contributed by atoms with Gasteiger partial charge in [-0.3, -0.25) is 0 Å². The molecule has 0 aliphatic rings. The van der Waals surface area contributed by atoms with Crippen LogP contribution in [0.5, 0.6) is 0 Å². The monoisotopic (exact) mass is 257 g/mol. The van der Waals surface area contributed by atoms with Crippen LogP contribution in [0.4, 0.5) is 0 Å². The minimum Gasteiger partial charge on any atom is -0.312 e. The zero-order chi connectivity index (χ0) is 13.8. The Hall–Kier alpha value is -1.61. The van der Waals surface area contributed by atoms with Gasteiger partial charge in [-0.15, -0.1) is 0 Å². The Balaban J connectivity index is 2.04. The number of nitrogens with zero attached hydrogens (tertiary/aromatic N) is 2. The normalized spacial score (nSPS) is 11.2. The number of nitrogens with one attached hydrogen (secondary N) is 1. The number of hydrogen-bond donors (Lipinski definition) is 1. The van der Waals surface area contributed by atoms with Gasteiger partial charge in [0.05, 0.1) is 12.0 Å². The standard InChI is InChI=1S/C16H23N3/c1-12(2)9-17-10-15-5-7-16(8-6-15)19-11-18-13(3)14(19)4/h5-8,11-12,17H,9-10H2,1-4H3. The molecule has 102 valence electrons. The molecule has 19 heavy (non-hydrogen) atoms. The first-order chi connectivity index (χ1) is 9.08. The number of aryl methyl sites for hydroxylation is 1. The van der Waals surface area contributed by atoms with Gasteiger partial charge in [-0.2, -0.15) is 0 Å². The molecule has 0 amide bonds. The first-order valence-electron chi connectivity index (χ1n) is 6.88. The third-order valence-electron chi connectivity index (χ3n) is 3.35. The molecule has 0 aliphatic heterocycles. The van der Waals surface area contributed by atoms with E-state index in [1.54, 1.807) is 0 Å². The van der Waals surface area contributed by atoms with Gasteiger partial charge >= 0.3 is 0 Å². The lowest BCUT2D eigenvalue weighted by molar-refractivity contribution is 0.552. The molecule has 0 unspecified atom stereocenters. The van der Waals surface area contributed by atoms with Crippen molar-refractivity contribution in [3.05, 3.63) is 47.5 Å². The average Bonchev–Trinajstić information content (AvgIpc) is 2.71. The highest BCUT2D eigenvalue weighted by atomic mass is 15.1. The van der Waals surface area contributed by atoms with Crippen molar-refractivity contribution in [1.82, 2.24) is 14.9 Å². The number of imidazole rings is 1. The fourth-order valence-corrected chi connectivity index (χ4v) is 2.04. The molecule has 1 N–H and O–H groups in total. The summed E-state index contributed by atoms with van der Waals surface area (Å²) in [6, 6.07) is 8.66. The predicted octanol–water partition coefficient (Wildman–Crippen LogP) is 3.23. The van der Waals surface area contributed by atoms with Crippen molar-refractivity contribution in [3.63, 3.8) is 0 Å². The molecule has 1 heterocycles. The second kappa shape index (κ2) is 6.02. The van der Waals surface area contributed by atoms with E-state index in [9.17, 15) is 0 Å². The van der Waals surface area contributed by atoms with Crippen molar-refractivity contribution < 1.29 is 0 Å². The maximum absolute atomic E-state index is 4.33. The molecule has 0 radical (unpaired) electrons. The van der Waals surface area contributed by atoms with Crippen LogP contribution in [0.15, 0.2) is 30.6 Å². The van der Waals surface area contributed by atoms with E-state index in [1.807, 2.05) is 13.3 Å². The molecule has 0 saturated carbocycles. The molecule has 0 fully saturated rings. The van der Waals surface area contributed by atoms with Crippen LogP contribution < -0.4 is 5.32 Å². The third kappa shape index (κ3) is 3.44. The number of aromatic nitrogens is 2. The van der Waals surface area contributed by atoms with Crippen molar-refractivity contribution in [1.29, 1.82) is 0 Å². The Labute approximate surface area is 115 Å². The van der Waals surface area contributed by atoms with Gasteiger partial charge < -0.3 is 9.88 Å². The zero-order valence-electron chi connectivity index (χ0n) is 12.3. The first-order valence-corrected chi connectivity index (χ1v) is 6.88. The number of rotatable bonds is 5. The lowest BCUT2D eigenvalue weighted by atomic mass is 10.2. The summed E-state index contributed by atoms with van der Waals surface area (Å²) in [6.45, 7) is 10.6. The summed E-state index contributed by atoms with van der Waals surface area (Å²) in [5, 5.41) is 3.46. The first kappa shape index (κ1) is 13.8. The molecular weight excluding hydrogens is 234 g/mol. The summed E-state index contributed by atoms with van der Waals surface area (Å²) in [7, 11) is 0. The van der Waals surface area contributed by atoms with Gasteiger partial charge in [-0.25, -0.2) is 4.98 Å². The minimum atomic E-state index is 0.691. The Morgan fingerprint density at radius 3 is 2.37 bits per heavy atom.